The zero-order valence-electron chi connectivity index (χ0n) is 12.1. The van der Waals surface area contributed by atoms with Gasteiger partial charge in [-0.15, -0.1) is 0 Å². The number of ether oxygens (including phenoxy) is 2. The predicted octanol–water partition coefficient (Wildman–Crippen LogP) is 2.78. The van der Waals surface area contributed by atoms with Gasteiger partial charge in [0.05, 0.1) is 12.7 Å². The topological polar surface area (TPSA) is 55.8 Å². The second-order valence-electron chi connectivity index (χ2n) is 5.06. The molecule has 0 bridgehead atoms. The van der Waals surface area contributed by atoms with Crippen LogP contribution in [0.3, 0.4) is 0 Å². The maximum Gasteiger partial charge on any atom is 0.347 e. The lowest BCUT2D eigenvalue weighted by Gasteiger charge is -2.17. The number of aliphatic hydroxyl groups excluding tert-OH is 1. The van der Waals surface area contributed by atoms with Crippen LogP contribution in [0.25, 0.3) is 0 Å². The van der Waals surface area contributed by atoms with E-state index >= 15 is 0 Å². The summed E-state index contributed by atoms with van der Waals surface area (Å²) in [7, 11) is 0. The van der Waals surface area contributed by atoms with E-state index in [9.17, 15) is 9.90 Å². The Hall–Kier alpha value is -1.55. The number of hydrogen-bond acceptors (Lipinski definition) is 4. The van der Waals surface area contributed by atoms with Crippen molar-refractivity contribution in [3.8, 4) is 5.75 Å². The number of rotatable bonds is 6. The van der Waals surface area contributed by atoms with Gasteiger partial charge in [0.25, 0.3) is 0 Å². The summed E-state index contributed by atoms with van der Waals surface area (Å²) < 4.78 is 10.8. The monoisotopic (exact) mass is 278 g/mol. The maximum atomic E-state index is 11.8. The Labute approximate surface area is 119 Å². The van der Waals surface area contributed by atoms with Crippen LogP contribution in [0, 0.1) is 0 Å². The molecule has 0 aromatic heterocycles. The molecule has 0 aliphatic heterocycles. The molecule has 1 aliphatic carbocycles. The number of carbonyl (C=O) groups is 1. The van der Waals surface area contributed by atoms with Crippen molar-refractivity contribution in [2.75, 3.05) is 6.61 Å². The van der Waals surface area contributed by atoms with E-state index < -0.39 is 6.10 Å². The first-order valence-corrected chi connectivity index (χ1v) is 7.29. The maximum absolute atomic E-state index is 11.8. The van der Waals surface area contributed by atoms with Crippen LogP contribution in [-0.2, 0) is 16.0 Å². The summed E-state index contributed by atoms with van der Waals surface area (Å²) in [4.78, 5) is 11.8. The lowest BCUT2D eigenvalue weighted by molar-refractivity contribution is -0.151. The molecule has 1 aliphatic rings. The third kappa shape index (κ3) is 3.31. The first kappa shape index (κ1) is 14.9. The summed E-state index contributed by atoms with van der Waals surface area (Å²) in [5, 5.41) is 9.78. The minimum absolute atomic E-state index is 0.310. The van der Waals surface area contributed by atoms with E-state index in [0.29, 0.717) is 18.8 Å². The van der Waals surface area contributed by atoms with E-state index in [2.05, 4.69) is 0 Å². The molecule has 1 aromatic rings. The standard InChI is InChI=1S/C16H22O4/c1-3-5-15(16(18)19-4-2)20-12-7-8-13-11(10-12)6-9-14(13)17/h7-8,10,14-15,17H,3-6,9H2,1-2H3/t14-,15?/m1/s1. The van der Waals surface area contributed by atoms with Crippen LogP contribution >= 0.6 is 0 Å². The number of aliphatic hydroxyl groups is 1. The fourth-order valence-electron chi connectivity index (χ4n) is 2.53. The third-order valence-corrected chi connectivity index (χ3v) is 3.54. The lowest BCUT2D eigenvalue weighted by Crippen LogP contribution is -2.29. The predicted molar refractivity (Wildman–Crippen MR) is 75.7 cm³/mol. The summed E-state index contributed by atoms with van der Waals surface area (Å²) in [5.74, 6) is 0.360. The van der Waals surface area contributed by atoms with Crippen LogP contribution < -0.4 is 4.74 Å². The van der Waals surface area contributed by atoms with Gasteiger partial charge < -0.3 is 14.6 Å². The van der Waals surface area contributed by atoms with Gasteiger partial charge in [-0.3, -0.25) is 0 Å². The molecular weight excluding hydrogens is 256 g/mol. The molecule has 1 N–H and O–H groups in total. The fraction of sp³-hybridized carbons (Fsp3) is 0.562. The average Bonchev–Trinajstić information content (AvgIpc) is 2.80. The van der Waals surface area contributed by atoms with Crippen molar-refractivity contribution in [1.29, 1.82) is 0 Å². The second kappa shape index (κ2) is 6.75. The first-order valence-electron chi connectivity index (χ1n) is 7.29. The van der Waals surface area contributed by atoms with Gasteiger partial charge in [-0.2, -0.15) is 0 Å². The SMILES string of the molecule is CCCC(Oc1ccc2c(c1)CC[C@H]2O)C(=O)OCC. The molecule has 0 heterocycles. The van der Waals surface area contributed by atoms with E-state index in [0.717, 1.165) is 30.4 Å². The van der Waals surface area contributed by atoms with E-state index in [4.69, 9.17) is 9.47 Å². The molecule has 2 atom stereocenters. The molecule has 0 spiro atoms. The number of aryl methyl sites for hydroxylation is 1. The van der Waals surface area contributed by atoms with Crippen LogP contribution in [0.4, 0.5) is 0 Å². The van der Waals surface area contributed by atoms with Crippen LogP contribution in [-0.4, -0.2) is 23.8 Å². The number of fused-ring (bicyclic) bond motifs is 1. The van der Waals surface area contributed by atoms with E-state index in [1.165, 1.54) is 0 Å². The van der Waals surface area contributed by atoms with Gasteiger partial charge in [-0.05, 0) is 49.4 Å². The highest BCUT2D eigenvalue weighted by Gasteiger charge is 2.23. The molecule has 4 nitrogen and oxygen atoms in total. The van der Waals surface area contributed by atoms with Gasteiger partial charge in [0, 0.05) is 0 Å². The molecule has 20 heavy (non-hydrogen) atoms. The summed E-state index contributed by atoms with van der Waals surface area (Å²) in [6.07, 6.45) is 2.19. The van der Waals surface area contributed by atoms with Crippen molar-refractivity contribution < 1.29 is 19.4 Å². The van der Waals surface area contributed by atoms with Gasteiger partial charge in [0.1, 0.15) is 5.75 Å². The molecule has 2 rings (SSSR count). The van der Waals surface area contributed by atoms with Crippen molar-refractivity contribution in [2.24, 2.45) is 0 Å². The van der Waals surface area contributed by atoms with Crippen LogP contribution in [0.1, 0.15) is 50.3 Å². The van der Waals surface area contributed by atoms with Gasteiger partial charge >= 0.3 is 5.97 Å². The fourth-order valence-corrected chi connectivity index (χ4v) is 2.53. The van der Waals surface area contributed by atoms with Gasteiger partial charge in [-0.1, -0.05) is 19.4 Å². The highest BCUT2D eigenvalue weighted by molar-refractivity contribution is 5.75. The van der Waals surface area contributed by atoms with Crippen molar-refractivity contribution in [1.82, 2.24) is 0 Å². The Morgan fingerprint density at radius 1 is 1.45 bits per heavy atom. The van der Waals surface area contributed by atoms with Crippen molar-refractivity contribution in [3.05, 3.63) is 29.3 Å². The van der Waals surface area contributed by atoms with Crippen molar-refractivity contribution in [2.45, 2.75) is 51.7 Å². The number of hydrogen-bond donors (Lipinski definition) is 1. The lowest BCUT2D eigenvalue weighted by atomic mass is 10.1. The van der Waals surface area contributed by atoms with Crippen LogP contribution in [0.15, 0.2) is 18.2 Å². The van der Waals surface area contributed by atoms with Crippen molar-refractivity contribution in [3.63, 3.8) is 0 Å². The molecule has 0 radical (unpaired) electrons. The number of esters is 1. The highest BCUT2D eigenvalue weighted by atomic mass is 16.6. The summed E-state index contributed by atoms with van der Waals surface area (Å²) in [5.41, 5.74) is 2.08. The summed E-state index contributed by atoms with van der Waals surface area (Å²) in [6.45, 7) is 4.16. The Kier molecular flexibility index (Phi) is 5.01. The Morgan fingerprint density at radius 3 is 2.95 bits per heavy atom. The molecule has 4 heteroatoms. The molecule has 0 saturated carbocycles. The largest absolute Gasteiger partial charge is 0.479 e. The highest BCUT2D eigenvalue weighted by Crippen LogP contribution is 2.33. The molecule has 0 fully saturated rings. The Bertz CT molecular complexity index is 470. The smallest absolute Gasteiger partial charge is 0.347 e. The molecule has 110 valence electrons. The number of carbonyl (C=O) groups excluding carboxylic acids is 1. The third-order valence-electron chi connectivity index (χ3n) is 3.54. The van der Waals surface area contributed by atoms with E-state index in [-0.39, 0.29) is 12.1 Å². The van der Waals surface area contributed by atoms with E-state index in [1.807, 2.05) is 25.1 Å². The minimum atomic E-state index is -0.552. The van der Waals surface area contributed by atoms with Gasteiger partial charge in [-0.25, -0.2) is 4.79 Å². The van der Waals surface area contributed by atoms with Crippen molar-refractivity contribution >= 4 is 5.97 Å². The minimum Gasteiger partial charge on any atom is -0.479 e. The van der Waals surface area contributed by atoms with Gasteiger partial charge in [0.15, 0.2) is 6.10 Å². The van der Waals surface area contributed by atoms with Crippen LogP contribution in [0.2, 0.25) is 0 Å². The van der Waals surface area contributed by atoms with Gasteiger partial charge in [0.2, 0.25) is 0 Å². The molecule has 0 amide bonds. The molecular formula is C16H22O4. The summed E-state index contributed by atoms with van der Waals surface area (Å²) >= 11 is 0. The first-order chi connectivity index (χ1) is 9.65. The zero-order valence-corrected chi connectivity index (χ0v) is 12.1. The number of benzene rings is 1. The van der Waals surface area contributed by atoms with Crippen LogP contribution in [0.5, 0.6) is 5.75 Å². The molecule has 1 unspecified atom stereocenters. The van der Waals surface area contributed by atoms with E-state index in [1.54, 1.807) is 6.92 Å². The molecule has 1 aromatic carbocycles. The Balaban J connectivity index is 2.09. The zero-order chi connectivity index (χ0) is 14.5. The Morgan fingerprint density at radius 2 is 2.25 bits per heavy atom. The summed E-state index contributed by atoms with van der Waals surface area (Å²) in [6, 6.07) is 5.62. The molecule has 0 saturated heterocycles. The second-order valence-corrected chi connectivity index (χ2v) is 5.06. The average molecular weight is 278 g/mol. The normalized spacial score (nSPS) is 18.4. The quantitative estimate of drug-likeness (QED) is 0.813.